The first-order chi connectivity index (χ1) is 18.8. The van der Waals surface area contributed by atoms with E-state index in [2.05, 4.69) is 162 Å². The number of hydrogen-bond donors (Lipinski definition) is 0. The average Bonchev–Trinajstić information content (AvgIpc) is 3.47. The summed E-state index contributed by atoms with van der Waals surface area (Å²) in [7, 11) is 0. The van der Waals surface area contributed by atoms with E-state index in [0.29, 0.717) is 5.92 Å². The SMILES string of the molecule is CC1=[C-]C(C)C(C)=C1C.Cc1cc2c(-c3ccccc3)cccc2[cH-]1.Cl.Cl.[Zr+2]=[C](c1ccccc1)c1ccccc1. The van der Waals surface area contributed by atoms with E-state index < -0.39 is 0 Å². The van der Waals surface area contributed by atoms with Crippen LogP contribution in [-0.4, -0.2) is 3.21 Å². The summed E-state index contributed by atoms with van der Waals surface area (Å²) in [4.78, 5) is 0. The molecule has 0 amide bonds. The van der Waals surface area contributed by atoms with Crippen molar-refractivity contribution in [2.75, 3.05) is 0 Å². The molecule has 0 aliphatic heterocycles. The van der Waals surface area contributed by atoms with E-state index in [-0.39, 0.29) is 24.8 Å². The van der Waals surface area contributed by atoms with Gasteiger partial charge in [-0.15, -0.1) is 66.3 Å². The van der Waals surface area contributed by atoms with E-state index in [9.17, 15) is 0 Å². The van der Waals surface area contributed by atoms with Gasteiger partial charge in [-0.1, -0.05) is 75.6 Å². The molecule has 0 saturated heterocycles. The van der Waals surface area contributed by atoms with Gasteiger partial charge in [0.1, 0.15) is 0 Å². The molecule has 0 heterocycles. The predicted molar refractivity (Wildman–Crippen MR) is 180 cm³/mol. The van der Waals surface area contributed by atoms with Crippen LogP contribution in [0.25, 0.3) is 21.9 Å². The van der Waals surface area contributed by atoms with Crippen LogP contribution >= 0.6 is 24.8 Å². The zero-order valence-corrected chi connectivity index (χ0v) is 28.5. The first-order valence-electron chi connectivity index (χ1n) is 13.5. The zero-order valence-electron chi connectivity index (χ0n) is 24.4. The average molecular weight is 657 g/mol. The first-order valence-corrected chi connectivity index (χ1v) is 14.8. The third-order valence-corrected chi connectivity index (χ3v) is 8.76. The molecule has 0 fully saturated rings. The van der Waals surface area contributed by atoms with Crippen LogP contribution in [0.5, 0.6) is 0 Å². The van der Waals surface area contributed by atoms with Crippen molar-refractivity contribution in [1.29, 1.82) is 0 Å². The number of hydrogen-bond acceptors (Lipinski definition) is 0. The second-order valence-electron chi connectivity index (χ2n) is 10.1. The van der Waals surface area contributed by atoms with Gasteiger partial charge in [-0.2, -0.15) is 17.2 Å². The Morgan fingerprint density at radius 2 is 1.20 bits per heavy atom. The monoisotopic (exact) mass is 654 g/mol. The number of halogens is 2. The molecular weight excluding hydrogens is 619 g/mol. The van der Waals surface area contributed by atoms with Gasteiger partial charge in [0, 0.05) is 0 Å². The van der Waals surface area contributed by atoms with Crippen LogP contribution in [0.1, 0.15) is 44.4 Å². The van der Waals surface area contributed by atoms with E-state index in [1.54, 1.807) is 0 Å². The van der Waals surface area contributed by atoms with Crippen molar-refractivity contribution < 1.29 is 24.2 Å². The second-order valence-corrected chi connectivity index (χ2v) is 11.3. The Kier molecular flexibility index (Phi) is 14.0. The fraction of sp³-hybridized carbons (Fsp3) is 0.158. The molecule has 0 bridgehead atoms. The molecule has 0 spiro atoms. The fourth-order valence-electron chi connectivity index (χ4n) is 4.79. The van der Waals surface area contributed by atoms with Crippen LogP contribution in [0, 0.1) is 18.9 Å². The summed E-state index contributed by atoms with van der Waals surface area (Å²) in [5.41, 5.74) is 10.9. The molecule has 208 valence electrons. The van der Waals surface area contributed by atoms with Gasteiger partial charge in [-0.3, -0.25) is 6.08 Å². The molecule has 6 rings (SSSR count). The summed E-state index contributed by atoms with van der Waals surface area (Å²) in [6, 6.07) is 42.7. The molecule has 0 N–H and O–H groups in total. The van der Waals surface area contributed by atoms with E-state index in [4.69, 9.17) is 0 Å². The van der Waals surface area contributed by atoms with Crippen LogP contribution < -0.4 is 0 Å². The molecule has 1 aliphatic rings. The van der Waals surface area contributed by atoms with Crippen molar-refractivity contribution in [3.8, 4) is 11.1 Å². The normalized spacial score (nSPS) is 13.5. The van der Waals surface area contributed by atoms with E-state index in [1.807, 2.05) is 0 Å². The summed E-state index contributed by atoms with van der Waals surface area (Å²) >= 11 is 1.46. The standard InChI is InChI=1S/C16H13.C13H10.C9H13.2ClH.Zr/c1-12-10-14-8-5-9-15(16(14)11-12)13-6-3-2-4-7-13;1-3-7-12(8-4-1)11-13-9-5-2-6-10-13;1-6-5-7(2)9(4)8(6)3;;;/h2-11H,1H3;1-10H;6H,1-4H3;2*1H;/q-1;;-1;;;+2. The molecule has 0 nitrogen and oxygen atoms in total. The van der Waals surface area contributed by atoms with Crippen molar-refractivity contribution in [2.24, 2.45) is 5.92 Å². The Labute approximate surface area is 273 Å². The molecular formula is C38H38Cl2Zr. The topological polar surface area (TPSA) is 0 Å². The third-order valence-electron chi connectivity index (χ3n) is 7.34. The molecule has 1 unspecified atom stereocenters. The molecule has 3 heteroatoms. The van der Waals surface area contributed by atoms with Crippen molar-refractivity contribution in [3.05, 3.63) is 161 Å². The summed E-state index contributed by atoms with van der Waals surface area (Å²) < 4.78 is 1.42. The minimum absolute atomic E-state index is 0. The Morgan fingerprint density at radius 3 is 1.63 bits per heavy atom. The van der Waals surface area contributed by atoms with E-state index in [0.717, 1.165) is 0 Å². The van der Waals surface area contributed by atoms with Gasteiger partial charge in [0.2, 0.25) is 0 Å². The summed E-state index contributed by atoms with van der Waals surface area (Å²) in [6.45, 7) is 10.8. The van der Waals surface area contributed by atoms with E-state index in [1.165, 1.54) is 82.8 Å². The van der Waals surface area contributed by atoms with Gasteiger partial charge in [0.05, 0.1) is 0 Å². The Morgan fingerprint density at radius 1 is 0.683 bits per heavy atom. The minimum atomic E-state index is 0. The number of allylic oxidation sites excluding steroid dienone is 4. The Bertz CT molecular complexity index is 1550. The molecule has 0 aromatic heterocycles. The number of fused-ring (bicyclic) bond motifs is 1. The second kappa shape index (κ2) is 16.7. The van der Waals surface area contributed by atoms with Gasteiger partial charge < -0.3 is 0 Å². The van der Waals surface area contributed by atoms with Gasteiger partial charge >= 0.3 is 99.2 Å². The Hall–Kier alpha value is -2.70. The summed E-state index contributed by atoms with van der Waals surface area (Å²) in [5, 5.41) is 2.69. The van der Waals surface area contributed by atoms with Crippen LogP contribution in [0.2, 0.25) is 0 Å². The Balaban J connectivity index is 0.000000218. The van der Waals surface area contributed by atoms with Gasteiger partial charge in [0.15, 0.2) is 0 Å². The maximum absolute atomic E-state index is 3.36. The van der Waals surface area contributed by atoms with Crippen molar-refractivity contribution in [1.82, 2.24) is 0 Å². The number of rotatable bonds is 3. The number of benzene rings is 4. The molecule has 5 aromatic rings. The fourth-order valence-corrected chi connectivity index (χ4v) is 5.61. The molecule has 1 aliphatic carbocycles. The number of aryl methyl sites for hydroxylation is 1. The molecule has 1 atom stereocenters. The van der Waals surface area contributed by atoms with Crippen molar-refractivity contribution >= 4 is 38.8 Å². The van der Waals surface area contributed by atoms with Crippen LogP contribution in [-0.2, 0) is 24.2 Å². The van der Waals surface area contributed by atoms with Crippen LogP contribution in [0.4, 0.5) is 0 Å². The van der Waals surface area contributed by atoms with Gasteiger partial charge in [-0.05, 0) is 5.56 Å². The van der Waals surface area contributed by atoms with Gasteiger partial charge in [-0.25, -0.2) is 5.57 Å². The molecule has 5 aromatic carbocycles. The van der Waals surface area contributed by atoms with Crippen molar-refractivity contribution in [2.45, 2.75) is 34.6 Å². The predicted octanol–water partition coefficient (Wildman–Crippen LogP) is 10.9. The van der Waals surface area contributed by atoms with E-state index >= 15 is 0 Å². The third kappa shape index (κ3) is 9.14. The summed E-state index contributed by atoms with van der Waals surface area (Å²) in [5.74, 6) is 0.560. The molecule has 41 heavy (non-hydrogen) atoms. The van der Waals surface area contributed by atoms with Crippen molar-refractivity contribution in [3.63, 3.8) is 0 Å². The quantitative estimate of drug-likeness (QED) is 0.170. The molecule has 0 saturated carbocycles. The van der Waals surface area contributed by atoms with Crippen LogP contribution in [0.15, 0.2) is 138 Å². The maximum atomic E-state index is 3.36. The van der Waals surface area contributed by atoms with Gasteiger partial charge in [0.25, 0.3) is 0 Å². The summed E-state index contributed by atoms with van der Waals surface area (Å²) in [6.07, 6.45) is 3.36. The first kappa shape index (κ1) is 34.5. The zero-order chi connectivity index (χ0) is 27.8. The van der Waals surface area contributed by atoms with Crippen LogP contribution in [0.3, 0.4) is 0 Å². The molecule has 0 radical (unpaired) electrons.